The van der Waals surface area contributed by atoms with E-state index in [2.05, 4.69) is 11.6 Å². The third-order valence-corrected chi connectivity index (χ3v) is 5.21. The van der Waals surface area contributed by atoms with E-state index in [1.807, 2.05) is 30.5 Å². The fourth-order valence-corrected chi connectivity index (χ4v) is 3.50. The van der Waals surface area contributed by atoms with Crippen LogP contribution < -0.4 is 5.32 Å². The topological polar surface area (TPSA) is 32.3 Å². The smallest absolute Gasteiger partial charge is 0.236 e. The van der Waals surface area contributed by atoms with Crippen molar-refractivity contribution in [1.29, 1.82) is 0 Å². The van der Waals surface area contributed by atoms with Gasteiger partial charge in [0.25, 0.3) is 0 Å². The van der Waals surface area contributed by atoms with Gasteiger partial charge in [-0.15, -0.1) is 0 Å². The van der Waals surface area contributed by atoms with Crippen LogP contribution in [-0.2, 0) is 4.79 Å². The van der Waals surface area contributed by atoms with E-state index in [0.29, 0.717) is 11.3 Å². The Kier molecular flexibility index (Phi) is 6.34. The van der Waals surface area contributed by atoms with E-state index in [1.54, 1.807) is 0 Å². The Morgan fingerprint density at radius 1 is 1.29 bits per heavy atom. The summed E-state index contributed by atoms with van der Waals surface area (Å²) in [5.41, 5.74) is 0. The number of thioether (sulfide) groups is 1. The molecule has 0 spiro atoms. The van der Waals surface area contributed by atoms with Gasteiger partial charge in [0.15, 0.2) is 0 Å². The second-order valence-electron chi connectivity index (χ2n) is 4.76. The lowest BCUT2D eigenvalue weighted by molar-refractivity contribution is -0.129. The zero-order chi connectivity index (χ0) is 12.7. The fourth-order valence-electron chi connectivity index (χ4n) is 2.56. The van der Waals surface area contributed by atoms with E-state index < -0.39 is 0 Å². The molecule has 1 rings (SSSR count). The number of rotatable bonds is 7. The molecule has 0 bridgehead atoms. The quantitative estimate of drug-likeness (QED) is 0.759. The van der Waals surface area contributed by atoms with Crippen LogP contribution in [0.15, 0.2) is 0 Å². The van der Waals surface area contributed by atoms with Crippen molar-refractivity contribution in [3.05, 3.63) is 0 Å². The molecule has 1 fully saturated rings. The van der Waals surface area contributed by atoms with Crippen molar-refractivity contribution in [2.24, 2.45) is 0 Å². The summed E-state index contributed by atoms with van der Waals surface area (Å²) in [6, 6.07) is 0. The molecule has 1 saturated carbocycles. The molecule has 1 aliphatic carbocycles. The highest BCUT2D eigenvalue weighted by Crippen LogP contribution is 2.39. The van der Waals surface area contributed by atoms with Crippen LogP contribution in [0, 0.1) is 0 Å². The first-order valence-electron chi connectivity index (χ1n) is 6.71. The Labute approximate surface area is 110 Å². The molecule has 0 aromatic heterocycles. The van der Waals surface area contributed by atoms with Gasteiger partial charge >= 0.3 is 0 Å². The summed E-state index contributed by atoms with van der Waals surface area (Å²) in [6.45, 7) is 7.14. The second kappa shape index (κ2) is 7.27. The Balaban J connectivity index is 2.29. The van der Waals surface area contributed by atoms with Crippen LogP contribution in [0.5, 0.6) is 0 Å². The summed E-state index contributed by atoms with van der Waals surface area (Å²) < 4.78 is 0.392. The Morgan fingerprint density at radius 2 is 1.88 bits per heavy atom. The average molecular weight is 258 g/mol. The number of nitrogens with zero attached hydrogens (tertiary/aromatic N) is 1. The number of nitrogens with one attached hydrogen (secondary N) is 1. The van der Waals surface area contributed by atoms with Crippen LogP contribution in [0.3, 0.4) is 0 Å². The summed E-state index contributed by atoms with van der Waals surface area (Å²) >= 11 is 1.96. The summed E-state index contributed by atoms with van der Waals surface area (Å²) in [5.74, 6) is 0.226. The van der Waals surface area contributed by atoms with Crippen LogP contribution in [0.25, 0.3) is 0 Å². The minimum absolute atomic E-state index is 0.226. The maximum Gasteiger partial charge on any atom is 0.236 e. The van der Waals surface area contributed by atoms with Crippen LogP contribution in [0.4, 0.5) is 0 Å². The molecule has 17 heavy (non-hydrogen) atoms. The van der Waals surface area contributed by atoms with Gasteiger partial charge in [-0.25, -0.2) is 0 Å². The second-order valence-corrected chi connectivity index (χ2v) is 6.04. The molecule has 100 valence electrons. The van der Waals surface area contributed by atoms with Crippen LogP contribution in [-0.4, -0.2) is 48.0 Å². The fraction of sp³-hybridized carbons (Fsp3) is 0.923. The first kappa shape index (κ1) is 14.8. The highest BCUT2D eigenvalue weighted by atomic mass is 32.2. The highest BCUT2D eigenvalue weighted by Gasteiger charge is 2.32. The monoisotopic (exact) mass is 258 g/mol. The summed E-state index contributed by atoms with van der Waals surface area (Å²) in [7, 11) is 0. The Morgan fingerprint density at radius 3 is 2.35 bits per heavy atom. The predicted octanol–water partition coefficient (Wildman–Crippen LogP) is 2.12. The van der Waals surface area contributed by atoms with Gasteiger partial charge in [0.1, 0.15) is 0 Å². The zero-order valence-electron chi connectivity index (χ0n) is 11.4. The average Bonchev–Trinajstić information content (AvgIpc) is 2.80. The van der Waals surface area contributed by atoms with Crippen molar-refractivity contribution in [1.82, 2.24) is 10.2 Å². The van der Waals surface area contributed by atoms with Crippen molar-refractivity contribution >= 4 is 17.7 Å². The lowest BCUT2D eigenvalue weighted by atomic mass is 10.1. The first-order chi connectivity index (χ1) is 8.17. The van der Waals surface area contributed by atoms with Crippen LogP contribution >= 0.6 is 11.8 Å². The highest BCUT2D eigenvalue weighted by molar-refractivity contribution is 8.00. The van der Waals surface area contributed by atoms with Gasteiger partial charge in [0.05, 0.1) is 6.54 Å². The van der Waals surface area contributed by atoms with E-state index in [-0.39, 0.29) is 5.91 Å². The number of hydrogen-bond donors (Lipinski definition) is 1. The molecule has 3 nitrogen and oxygen atoms in total. The molecule has 0 aliphatic heterocycles. The third-order valence-electron chi connectivity index (χ3n) is 3.79. The maximum absolute atomic E-state index is 11.8. The van der Waals surface area contributed by atoms with E-state index >= 15 is 0 Å². The number of carbonyl (C=O) groups is 1. The lowest BCUT2D eigenvalue weighted by Crippen LogP contribution is -2.42. The van der Waals surface area contributed by atoms with Gasteiger partial charge in [-0.2, -0.15) is 11.8 Å². The molecule has 1 N–H and O–H groups in total. The van der Waals surface area contributed by atoms with Crippen molar-refractivity contribution in [2.75, 3.05) is 32.4 Å². The molecular formula is C13H26N2OS. The third kappa shape index (κ3) is 4.18. The van der Waals surface area contributed by atoms with Gasteiger partial charge in [0, 0.05) is 24.4 Å². The van der Waals surface area contributed by atoms with Gasteiger partial charge in [-0.05, 0) is 32.9 Å². The molecule has 1 amide bonds. The van der Waals surface area contributed by atoms with Crippen molar-refractivity contribution < 1.29 is 4.79 Å². The van der Waals surface area contributed by atoms with Gasteiger partial charge in [-0.3, -0.25) is 4.79 Å². The van der Waals surface area contributed by atoms with Crippen molar-refractivity contribution in [3.8, 4) is 0 Å². The van der Waals surface area contributed by atoms with Gasteiger partial charge < -0.3 is 10.2 Å². The Bertz CT molecular complexity index is 236. The maximum atomic E-state index is 11.8. The predicted molar refractivity (Wildman–Crippen MR) is 75.5 cm³/mol. The summed E-state index contributed by atoms with van der Waals surface area (Å²) in [5, 5.41) is 3.36. The van der Waals surface area contributed by atoms with E-state index in [1.165, 1.54) is 25.7 Å². The summed E-state index contributed by atoms with van der Waals surface area (Å²) in [4.78, 5) is 13.7. The van der Waals surface area contributed by atoms with E-state index in [4.69, 9.17) is 0 Å². The van der Waals surface area contributed by atoms with Crippen LogP contribution in [0.2, 0.25) is 0 Å². The Hall–Kier alpha value is -0.220. The molecule has 0 saturated heterocycles. The zero-order valence-corrected chi connectivity index (χ0v) is 12.2. The van der Waals surface area contributed by atoms with Crippen molar-refractivity contribution in [3.63, 3.8) is 0 Å². The first-order valence-corrected chi connectivity index (χ1v) is 7.93. The SMILES string of the molecule is CCN(CC)C(=O)CNCC1(SC)CCCC1. The van der Waals surface area contributed by atoms with Crippen LogP contribution in [0.1, 0.15) is 39.5 Å². The lowest BCUT2D eigenvalue weighted by Gasteiger charge is -2.27. The minimum Gasteiger partial charge on any atom is -0.342 e. The van der Waals surface area contributed by atoms with Crippen molar-refractivity contribution in [2.45, 2.75) is 44.3 Å². The minimum atomic E-state index is 0.226. The molecule has 1 aliphatic rings. The van der Waals surface area contributed by atoms with E-state index in [9.17, 15) is 4.79 Å². The molecular weight excluding hydrogens is 232 g/mol. The van der Waals surface area contributed by atoms with E-state index in [0.717, 1.165) is 19.6 Å². The standard InChI is InChI=1S/C13H26N2OS/c1-4-15(5-2)12(16)10-14-11-13(17-3)8-6-7-9-13/h14H,4-11H2,1-3H3. The molecule has 4 heteroatoms. The molecule has 0 atom stereocenters. The largest absolute Gasteiger partial charge is 0.342 e. The molecule has 0 aromatic carbocycles. The van der Waals surface area contributed by atoms with Gasteiger partial charge in [0.2, 0.25) is 5.91 Å². The molecule has 0 heterocycles. The number of carbonyl (C=O) groups excluding carboxylic acids is 1. The summed E-state index contributed by atoms with van der Waals surface area (Å²) in [6.07, 6.45) is 7.46. The number of amides is 1. The molecule has 0 unspecified atom stereocenters. The normalized spacial score (nSPS) is 18.3. The molecule has 0 aromatic rings. The number of hydrogen-bond acceptors (Lipinski definition) is 3. The van der Waals surface area contributed by atoms with Gasteiger partial charge in [-0.1, -0.05) is 12.8 Å². The number of likely N-dealkylation sites (N-methyl/N-ethyl adjacent to an activating group) is 1. The molecule has 0 radical (unpaired) electrons.